The zero-order valence-electron chi connectivity index (χ0n) is 14.5. The standard InChI is InChI=1S/C19H29N3O2/c20-17-4-3-10-21(13-9-17)14-16-5-7-18(8-6-16)24-15-19(23)22-11-1-2-12-22/h5-8,17H,1-4,9-15,20H2/t17-/m0/s1. The molecule has 1 aromatic carbocycles. The molecule has 2 aliphatic rings. The van der Waals surface area contributed by atoms with Gasteiger partial charge in [-0.3, -0.25) is 9.69 Å². The van der Waals surface area contributed by atoms with Gasteiger partial charge in [-0.1, -0.05) is 12.1 Å². The van der Waals surface area contributed by atoms with E-state index in [1.54, 1.807) is 0 Å². The van der Waals surface area contributed by atoms with Crippen LogP contribution in [-0.2, 0) is 11.3 Å². The summed E-state index contributed by atoms with van der Waals surface area (Å²) in [5, 5.41) is 0. The van der Waals surface area contributed by atoms with Crippen LogP contribution < -0.4 is 10.5 Å². The Morgan fingerprint density at radius 1 is 1.04 bits per heavy atom. The number of carbonyl (C=O) groups excluding carboxylic acids is 1. The summed E-state index contributed by atoms with van der Waals surface area (Å²) < 4.78 is 5.64. The zero-order valence-corrected chi connectivity index (χ0v) is 14.5. The second kappa shape index (κ2) is 8.49. The molecule has 0 aromatic heterocycles. The van der Waals surface area contributed by atoms with Crippen molar-refractivity contribution in [3.8, 4) is 5.75 Å². The molecule has 0 saturated carbocycles. The first-order chi connectivity index (χ1) is 11.7. The molecular weight excluding hydrogens is 302 g/mol. The van der Waals surface area contributed by atoms with Crippen molar-refractivity contribution in [2.45, 2.75) is 44.7 Å². The van der Waals surface area contributed by atoms with Crippen LogP contribution in [0.15, 0.2) is 24.3 Å². The fourth-order valence-electron chi connectivity index (χ4n) is 3.49. The van der Waals surface area contributed by atoms with Gasteiger partial charge in [0.2, 0.25) is 0 Å². The number of ether oxygens (including phenoxy) is 1. The first-order valence-corrected chi connectivity index (χ1v) is 9.18. The van der Waals surface area contributed by atoms with E-state index in [0.29, 0.717) is 6.04 Å². The predicted octanol–water partition coefficient (Wildman–Crippen LogP) is 2.00. The molecule has 1 aromatic rings. The van der Waals surface area contributed by atoms with E-state index in [2.05, 4.69) is 17.0 Å². The van der Waals surface area contributed by atoms with E-state index in [1.807, 2.05) is 17.0 Å². The lowest BCUT2D eigenvalue weighted by atomic mass is 10.1. The van der Waals surface area contributed by atoms with Crippen LogP contribution in [0.1, 0.15) is 37.7 Å². The number of likely N-dealkylation sites (tertiary alicyclic amines) is 2. The fourth-order valence-corrected chi connectivity index (χ4v) is 3.49. The summed E-state index contributed by atoms with van der Waals surface area (Å²) in [6.07, 6.45) is 5.62. The molecule has 0 unspecified atom stereocenters. The summed E-state index contributed by atoms with van der Waals surface area (Å²) in [6.45, 7) is 5.05. The zero-order chi connectivity index (χ0) is 16.8. The van der Waals surface area contributed by atoms with E-state index in [0.717, 1.165) is 64.2 Å². The monoisotopic (exact) mass is 331 g/mol. The summed E-state index contributed by atoms with van der Waals surface area (Å²) in [5.41, 5.74) is 7.32. The molecule has 3 rings (SSSR count). The third-order valence-corrected chi connectivity index (χ3v) is 5.02. The van der Waals surface area contributed by atoms with E-state index in [-0.39, 0.29) is 12.5 Å². The smallest absolute Gasteiger partial charge is 0.260 e. The van der Waals surface area contributed by atoms with Crippen molar-refractivity contribution in [2.75, 3.05) is 32.8 Å². The molecule has 0 aliphatic carbocycles. The number of hydrogen-bond acceptors (Lipinski definition) is 4. The molecule has 24 heavy (non-hydrogen) atoms. The van der Waals surface area contributed by atoms with Gasteiger partial charge in [0, 0.05) is 25.7 Å². The fraction of sp³-hybridized carbons (Fsp3) is 0.632. The highest BCUT2D eigenvalue weighted by molar-refractivity contribution is 5.78. The van der Waals surface area contributed by atoms with Gasteiger partial charge in [-0.2, -0.15) is 0 Å². The Kier molecular flexibility index (Phi) is 6.10. The third-order valence-electron chi connectivity index (χ3n) is 5.02. The average molecular weight is 331 g/mol. The second-order valence-electron chi connectivity index (χ2n) is 6.99. The minimum atomic E-state index is 0.0949. The normalized spacial score (nSPS) is 22.4. The van der Waals surface area contributed by atoms with E-state index in [9.17, 15) is 4.79 Å². The summed E-state index contributed by atoms with van der Waals surface area (Å²) in [4.78, 5) is 16.4. The molecule has 5 heteroatoms. The maximum Gasteiger partial charge on any atom is 0.260 e. The third kappa shape index (κ3) is 4.95. The molecule has 2 saturated heterocycles. The largest absolute Gasteiger partial charge is 0.484 e. The second-order valence-corrected chi connectivity index (χ2v) is 6.99. The summed E-state index contributed by atoms with van der Waals surface area (Å²) in [7, 11) is 0. The van der Waals surface area contributed by atoms with Crippen molar-refractivity contribution >= 4 is 5.91 Å². The van der Waals surface area contributed by atoms with Crippen molar-refractivity contribution in [3.63, 3.8) is 0 Å². The van der Waals surface area contributed by atoms with Crippen molar-refractivity contribution < 1.29 is 9.53 Å². The van der Waals surface area contributed by atoms with E-state index < -0.39 is 0 Å². The van der Waals surface area contributed by atoms with Crippen molar-refractivity contribution in [1.82, 2.24) is 9.80 Å². The molecule has 0 radical (unpaired) electrons. The Balaban J connectivity index is 1.45. The Hall–Kier alpha value is -1.59. The van der Waals surface area contributed by atoms with Crippen LogP contribution in [0.2, 0.25) is 0 Å². The van der Waals surface area contributed by atoms with E-state index >= 15 is 0 Å². The highest BCUT2D eigenvalue weighted by Crippen LogP contribution is 2.17. The van der Waals surface area contributed by atoms with Crippen LogP contribution in [0.3, 0.4) is 0 Å². The molecule has 2 fully saturated rings. The van der Waals surface area contributed by atoms with Gasteiger partial charge < -0.3 is 15.4 Å². The lowest BCUT2D eigenvalue weighted by molar-refractivity contribution is -0.132. The summed E-state index contributed by atoms with van der Waals surface area (Å²) in [6, 6.07) is 8.49. The molecule has 1 amide bonds. The topological polar surface area (TPSA) is 58.8 Å². The van der Waals surface area contributed by atoms with Crippen LogP contribution >= 0.6 is 0 Å². The van der Waals surface area contributed by atoms with E-state index in [4.69, 9.17) is 10.5 Å². The Bertz CT molecular complexity index is 526. The lowest BCUT2D eigenvalue weighted by Crippen LogP contribution is -2.32. The van der Waals surface area contributed by atoms with Crippen LogP contribution in [0.25, 0.3) is 0 Å². The molecule has 1 atom stereocenters. The molecule has 132 valence electrons. The van der Waals surface area contributed by atoms with Gasteiger partial charge in [-0.15, -0.1) is 0 Å². The number of rotatable bonds is 5. The van der Waals surface area contributed by atoms with Crippen molar-refractivity contribution in [1.29, 1.82) is 0 Å². The number of amides is 1. The number of carbonyl (C=O) groups is 1. The number of benzene rings is 1. The van der Waals surface area contributed by atoms with Crippen LogP contribution in [0.4, 0.5) is 0 Å². The first-order valence-electron chi connectivity index (χ1n) is 9.18. The van der Waals surface area contributed by atoms with Crippen LogP contribution in [0.5, 0.6) is 5.75 Å². The average Bonchev–Trinajstić information content (AvgIpc) is 3.06. The first kappa shape index (κ1) is 17.2. The quantitative estimate of drug-likeness (QED) is 0.896. The Labute approximate surface area is 144 Å². The predicted molar refractivity (Wildman–Crippen MR) is 94.9 cm³/mol. The van der Waals surface area contributed by atoms with E-state index in [1.165, 1.54) is 12.0 Å². The van der Waals surface area contributed by atoms with Crippen LogP contribution in [-0.4, -0.2) is 54.5 Å². The van der Waals surface area contributed by atoms with Crippen LogP contribution in [0, 0.1) is 0 Å². The SMILES string of the molecule is N[C@H]1CCCN(Cc2ccc(OCC(=O)N3CCCC3)cc2)CC1. The minimum Gasteiger partial charge on any atom is -0.484 e. The maximum atomic E-state index is 12.0. The highest BCUT2D eigenvalue weighted by Gasteiger charge is 2.18. The molecule has 2 aliphatic heterocycles. The Morgan fingerprint density at radius 3 is 2.54 bits per heavy atom. The van der Waals surface area contributed by atoms with Crippen molar-refractivity contribution in [3.05, 3.63) is 29.8 Å². The van der Waals surface area contributed by atoms with Gasteiger partial charge in [0.1, 0.15) is 5.75 Å². The molecule has 5 nitrogen and oxygen atoms in total. The van der Waals surface area contributed by atoms with Gasteiger partial charge in [-0.05, 0) is 62.9 Å². The molecule has 2 N–H and O–H groups in total. The van der Waals surface area contributed by atoms with Gasteiger partial charge in [0.05, 0.1) is 0 Å². The number of nitrogens with two attached hydrogens (primary N) is 1. The Morgan fingerprint density at radius 2 is 1.79 bits per heavy atom. The van der Waals surface area contributed by atoms with Gasteiger partial charge in [-0.25, -0.2) is 0 Å². The van der Waals surface area contributed by atoms with Gasteiger partial charge in [0.25, 0.3) is 5.91 Å². The lowest BCUT2D eigenvalue weighted by Gasteiger charge is -2.20. The minimum absolute atomic E-state index is 0.0949. The summed E-state index contributed by atoms with van der Waals surface area (Å²) in [5.74, 6) is 0.863. The van der Waals surface area contributed by atoms with Gasteiger partial charge >= 0.3 is 0 Å². The molecule has 0 bridgehead atoms. The molecular formula is C19H29N3O2. The summed E-state index contributed by atoms with van der Waals surface area (Å²) >= 11 is 0. The molecule has 2 heterocycles. The van der Waals surface area contributed by atoms with Crippen molar-refractivity contribution in [2.24, 2.45) is 5.73 Å². The number of nitrogens with zero attached hydrogens (tertiary/aromatic N) is 2. The van der Waals surface area contributed by atoms with Gasteiger partial charge in [0.15, 0.2) is 6.61 Å². The molecule has 0 spiro atoms. The number of hydrogen-bond donors (Lipinski definition) is 1. The highest BCUT2D eigenvalue weighted by atomic mass is 16.5. The maximum absolute atomic E-state index is 12.0.